The minimum absolute atomic E-state index is 0.0292. The van der Waals surface area contributed by atoms with Gasteiger partial charge in [0.15, 0.2) is 5.82 Å². The van der Waals surface area contributed by atoms with Crippen molar-refractivity contribution in [3.05, 3.63) is 59.3 Å². The lowest BCUT2D eigenvalue weighted by molar-refractivity contribution is -0.122. The number of anilines is 1. The fraction of sp³-hybridized carbons (Fsp3) is 0.333. The maximum absolute atomic E-state index is 16.7. The number of terminal acetylenes is 1. The van der Waals surface area contributed by atoms with Gasteiger partial charge in [-0.1, -0.05) is 24.1 Å². The van der Waals surface area contributed by atoms with Crippen LogP contribution in [0.25, 0.3) is 32.9 Å². The summed E-state index contributed by atoms with van der Waals surface area (Å²) in [5.41, 5.74) is 0.601. The van der Waals surface area contributed by atoms with E-state index < -0.39 is 11.6 Å². The fourth-order valence-electron chi connectivity index (χ4n) is 6.13. The normalized spacial score (nSPS) is 17.3. The molecule has 6 rings (SSSR count). The van der Waals surface area contributed by atoms with Gasteiger partial charge in [-0.05, 0) is 70.3 Å². The minimum Gasteiger partial charge on any atom is -0.508 e. The molecule has 2 N–H and O–H groups in total. The van der Waals surface area contributed by atoms with Gasteiger partial charge in [0.2, 0.25) is 0 Å². The molecule has 0 saturated carbocycles. The number of hydrogen-bond donors (Lipinski definition) is 2. The van der Waals surface area contributed by atoms with Gasteiger partial charge in [-0.3, -0.25) is 9.69 Å². The molecule has 1 saturated heterocycles. The van der Waals surface area contributed by atoms with Gasteiger partial charge in [-0.2, -0.15) is 9.97 Å². The lowest BCUT2D eigenvalue weighted by Gasteiger charge is -2.28. The summed E-state index contributed by atoms with van der Waals surface area (Å²) in [7, 11) is 2.07. The van der Waals surface area contributed by atoms with E-state index in [2.05, 4.69) is 44.9 Å². The molecule has 2 atom stereocenters. The number of aryl methyl sites for hydroxylation is 1. The number of likely N-dealkylation sites (N-methyl/N-ethyl adjacent to an activating group) is 1. The smallest absolute Gasteiger partial charge is 0.319 e. The number of phenolic OH excluding ortho intramolecular Hbond substituents is 1. The number of carboxylic acid groups (broad SMARTS) is 1. The summed E-state index contributed by atoms with van der Waals surface area (Å²) in [5, 5.41) is 18.6. The number of aromatic hydroxyl groups is 1. The Morgan fingerprint density at radius 1 is 1.16 bits per heavy atom. The van der Waals surface area contributed by atoms with Crippen LogP contribution in [0.5, 0.6) is 11.8 Å². The summed E-state index contributed by atoms with van der Waals surface area (Å²) in [4.78, 5) is 26.7. The molecule has 1 fully saturated rings. The second-order valence-electron chi connectivity index (χ2n) is 10.9. The highest BCUT2D eigenvalue weighted by Gasteiger charge is 2.30. The average molecular weight is 602 g/mol. The van der Waals surface area contributed by atoms with Crippen LogP contribution in [0.15, 0.2) is 36.4 Å². The summed E-state index contributed by atoms with van der Waals surface area (Å²) < 4.78 is 37.7. The van der Waals surface area contributed by atoms with Crippen LogP contribution in [0, 0.1) is 30.9 Å². The van der Waals surface area contributed by atoms with Gasteiger partial charge < -0.3 is 19.8 Å². The summed E-state index contributed by atoms with van der Waals surface area (Å²) in [6.07, 6.45) is 12.5. The molecule has 0 aliphatic carbocycles. The fourth-order valence-corrected chi connectivity index (χ4v) is 6.13. The number of aromatic nitrogens is 3. The van der Waals surface area contributed by atoms with Gasteiger partial charge in [0.1, 0.15) is 34.7 Å². The van der Waals surface area contributed by atoms with Crippen molar-refractivity contribution in [3.8, 4) is 35.4 Å². The first-order valence-corrected chi connectivity index (χ1v) is 14.3. The quantitative estimate of drug-likeness (QED) is 0.175. The summed E-state index contributed by atoms with van der Waals surface area (Å²) in [6, 6.07) is 5.83. The molecule has 2 unspecified atom stereocenters. The van der Waals surface area contributed by atoms with Crippen LogP contribution in [0.3, 0.4) is 0 Å². The van der Waals surface area contributed by atoms with E-state index in [1.165, 1.54) is 24.3 Å². The Hall–Kier alpha value is -4.82. The van der Waals surface area contributed by atoms with Crippen molar-refractivity contribution in [3.63, 3.8) is 0 Å². The summed E-state index contributed by atoms with van der Waals surface area (Å²) in [5.74, 6) is 1.47. The van der Waals surface area contributed by atoms with Crippen molar-refractivity contribution in [1.29, 1.82) is 0 Å². The summed E-state index contributed by atoms with van der Waals surface area (Å²) in [6.45, 7) is 5.80. The number of halogens is 2. The van der Waals surface area contributed by atoms with Crippen LogP contribution in [0.1, 0.15) is 37.4 Å². The standard InChI is InChI=1S/C32H31F2N5O2.CH2O2/c1-5-22-24(33)12-11-20-16-21(40)17-23(27(20)22)29-28(34)30-26(18(2)35-29)31(39-14-7-6-8-15-39)37-32(36-30)41-19(3)25-10-9-13-38(25)4;2-1-3/h1,6-7,11-12,16-17,19,25,40H,8-10,13-15H2,2-4H3;1H,(H,2,3). The number of phenols is 1. The average Bonchev–Trinajstić information content (AvgIpc) is 3.45. The molecule has 2 aliphatic heterocycles. The van der Waals surface area contributed by atoms with E-state index in [1.54, 1.807) is 6.92 Å². The Morgan fingerprint density at radius 3 is 2.59 bits per heavy atom. The number of likely N-dealkylation sites (tertiary alicyclic amines) is 1. The predicted molar refractivity (Wildman–Crippen MR) is 165 cm³/mol. The lowest BCUT2D eigenvalue weighted by Crippen LogP contribution is -2.38. The highest BCUT2D eigenvalue weighted by molar-refractivity contribution is 6.03. The zero-order valence-electron chi connectivity index (χ0n) is 24.7. The number of pyridine rings is 1. The third-order valence-corrected chi connectivity index (χ3v) is 8.15. The molecule has 11 heteroatoms. The van der Waals surface area contributed by atoms with Crippen molar-refractivity contribution >= 4 is 34.0 Å². The Balaban J connectivity index is 0.00000123. The molecule has 4 aromatic rings. The van der Waals surface area contributed by atoms with Crippen LogP contribution in [-0.2, 0) is 4.79 Å². The molecule has 4 heterocycles. The van der Waals surface area contributed by atoms with Crippen LogP contribution < -0.4 is 9.64 Å². The van der Waals surface area contributed by atoms with E-state index in [4.69, 9.17) is 26.0 Å². The van der Waals surface area contributed by atoms with Crippen LogP contribution in [0.2, 0.25) is 0 Å². The van der Waals surface area contributed by atoms with Crippen LogP contribution >= 0.6 is 0 Å². The van der Waals surface area contributed by atoms with Gasteiger partial charge in [-0.25, -0.2) is 13.8 Å². The van der Waals surface area contributed by atoms with E-state index in [0.717, 1.165) is 25.8 Å². The van der Waals surface area contributed by atoms with Crippen molar-refractivity contribution in [2.75, 3.05) is 31.6 Å². The lowest BCUT2D eigenvalue weighted by atomic mass is 9.95. The molecule has 2 aliphatic rings. The molecular formula is C33H33F2N5O4. The van der Waals surface area contributed by atoms with Gasteiger partial charge >= 0.3 is 6.01 Å². The highest BCUT2D eigenvalue weighted by atomic mass is 19.1. The van der Waals surface area contributed by atoms with Gasteiger partial charge in [0, 0.05) is 30.1 Å². The zero-order chi connectivity index (χ0) is 31.5. The Bertz CT molecular complexity index is 1810. The molecule has 228 valence electrons. The van der Waals surface area contributed by atoms with Gasteiger partial charge in [-0.15, -0.1) is 6.42 Å². The van der Waals surface area contributed by atoms with E-state index in [-0.39, 0.29) is 52.7 Å². The maximum Gasteiger partial charge on any atom is 0.319 e. The predicted octanol–water partition coefficient (Wildman–Crippen LogP) is 5.45. The van der Waals surface area contributed by atoms with E-state index >= 15 is 4.39 Å². The molecule has 2 aromatic heterocycles. The largest absolute Gasteiger partial charge is 0.508 e. The van der Waals surface area contributed by atoms with Crippen molar-refractivity contribution in [2.45, 2.75) is 45.3 Å². The SMILES string of the molecule is C#Cc1c(F)ccc2cc(O)cc(-c3nc(C)c4c(N5CC=CCC5)nc(OC(C)C5CCCN5C)nc4c3F)c12.O=CO. The molecule has 0 spiro atoms. The van der Waals surface area contributed by atoms with Gasteiger partial charge in [0.05, 0.1) is 16.6 Å². The first kappa shape index (κ1) is 30.6. The Morgan fingerprint density at radius 2 is 1.93 bits per heavy atom. The third kappa shape index (κ3) is 5.73. The molecule has 9 nitrogen and oxygen atoms in total. The number of carbonyl (C=O) groups is 1. The number of benzene rings is 2. The van der Waals surface area contributed by atoms with Crippen molar-refractivity contribution < 1.29 is 28.5 Å². The summed E-state index contributed by atoms with van der Waals surface area (Å²) >= 11 is 0. The van der Waals surface area contributed by atoms with E-state index in [0.29, 0.717) is 40.8 Å². The number of ether oxygens (including phenoxy) is 1. The molecular weight excluding hydrogens is 568 g/mol. The van der Waals surface area contributed by atoms with Crippen LogP contribution in [0.4, 0.5) is 14.6 Å². The highest BCUT2D eigenvalue weighted by Crippen LogP contribution is 2.40. The topological polar surface area (TPSA) is 112 Å². The number of nitrogens with zero attached hydrogens (tertiary/aromatic N) is 5. The second kappa shape index (κ2) is 12.8. The zero-order valence-corrected chi connectivity index (χ0v) is 24.7. The minimum atomic E-state index is -0.726. The molecule has 2 aromatic carbocycles. The molecule has 0 bridgehead atoms. The van der Waals surface area contributed by atoms with E-state index in [1.807, 2.05) is 6.92 Å². The Kier molecular flexibility index (Phi) is 8.92. The first-order valence-electron chi connectivity index (χ1n) is 14.3. The number of rotatable bonds is 5. The number of hydrogen-bond acceptors (Lipinski definition) is 8. The molecule has 0 amide bonds. The number of fused-ring (bicyclic) bond motifs is 2. The second-order valence-corrected chi connectivity index (χ2v) is 10.9. The molecule has 0 radical (unpaired) electrons. The Labute approximate surface area is 253 Å². The maximum atomic E-state index is 16.7. The van der Waals surface area contributed by atoms with E-state index in [9.17, 15) is 9.50 Å². The van der Waals surface area contributed by atoms with Crippen LogP contribution in [-0.4, -0.2) is 75.4 Å². The van der Waals surface area contributed by atoms with Crippen molar-refractivity contribution in [1.82, 2.24) is 19.9 Å². The first-order chi connectivity index (χ1) is 21.2. The molecule has 44 heavy (non-hydrogen) atoms. The van der Waals surface area contributed by atoms with Gasteiger partial charge in [0.25, 0.3) is 6.47 Å². The van der Waals surface area contributed by atoms with Crippen molar-refractivity contribution in [2.24, 2.45) is 0 Å². The monoisotopic (exact) mass is 601 g/mol. The third-order valence-electron chi connectivity index (χ3n) is 8.15.